The summed E-state index contributed by atoms with van der Waals surface area (Å²) in [5.74, 6) is 0. The summed E-state index contributed by atoms with van der Waals surface area (Å²) in [5, 5.41) is 11.9. The van der Waals surface area contributed by atoms with Gasteiger partial charge in [-0.25, -0.2) is 0 Å². The van der Waals surface area contributed by atoms with Gasteiger partial charge in [0, 0.05) is 70.1 Å². The summed E-state index contributed by atoms with van der Waals surface area (Å²) >= 11 is 3.34. The average molecular weight is 1030 g/mol. The fraction of sp³-hybridized carbons (Fsp3) is 0.0278. The largest absolute Gasteiger partial charge is 2.00 e. The summed E-state index contributed by atoms with van der Waals surface area (Å²) < 4.78 is 119. The molecule has 0 unspecified atom stereocenters. The van der Waals surface area contributed by atoms with Gasteiger partial charge in [0.25, 0.3) is 0 Å². The van der Waals surface area contributed by atoms with Crippen LogP contribution in [0.2, 0.25) is 0 Å². The van der Waals surface area contributed by atoms with Crippen LogP contribution in [0.1, 0.15) is 6.92 Å². The molecule has 8 rings (SSSR count). The minimum absolute atomic E-state index is 0. The summed E-state index contributed by atoms with van der Waals surface area (Å²) in [6.45, 7) is 1.43. The van der Waals surface area contributed by atoms with Crippen LogP contribution in [0, 0.1) is 11.3 Å². The molecular weight excluding hydrogens is 1000 g/mol. The van der Waals surface area contributed by atoms with Gasteiger partial charge in [0.2, 0.25) is 0 Å². The van der Waals surface area contributed by atoms with Gasteiger partial charge in [0.05, 0.1) is 39.5 Å². The third-order valence-electron chi connectivity index (χ3n) is 6.34. The number of nitriles is 1. The molecular formula is C36H26BrF12N7P2Ru. The zero-order valence-electron chi connectivity index (χ0n) is 29.6. The molecule has 0 aliphatic rings. The zero-order chi connectivity index (χ0) is 43.4. The van der Waals surface area contributed by atoms with Crippen LogP contribution in [-0.4, -0.2) is 29.9 Å². The summed E-state index contributed by atoms with van der Waals surface area (Å²) in [4.78, 5) is 25.8. The van der Waals surface area contributed by atoms with Crippen molar-refractivity contribution in [2.75, 3.05) is 0 Å². The number of halogens is 13. The van der Waals surface area contributed by atoms with Crippen molar-refractivity contribution < 1.29 is 69.8 Å². The van der Waals surface area contributed by atoms with Gasteiger partial charge in [-0.15, -0.1) is 0 Å². The van der Waals surface area contributed by atoms with Crippen molar-refractivity contribution in [3.63, 3.8) is 0 Å². The molecule has 0 aliphatic carbocycles. The third kappa shape index (κ3) is 22.1. The molecule has 6 heterocycles. The monoisotopic (exact) mass is 1030 g/mol. The van der Waals surface area contributed by atoms with Crippen molar-refractivity contribution in [1.29, 1.82) is 5.26 Å². The van der Waals surface area contributed by atoms with Gasteiger partial charge in [-0.05, 0) is 64.5 Å². The van der Waals surface area contributed by atoms with E-state index in [0.717, 1.165) is 59.5 Å². The van der Waals surface area contributed by atoms with E-state index in [1.54, 1.807) is 43.3 Å². The topological polar surface area (TPSA) is 101 Å². The van der Waals surface area contributed by atoms with E-state index >= 15 is 0 Å². The first-order valence-corrected chi connectivity index (χ1v) is 20.6. The van der Waals surface area contributed by atoms with E-state index in [2.05, 4.69) is 94.4 Å². The van der Waals surface area contributed by atoms with Gasteiger partial charge in [-0.3, -0.25) is 29.9 Å². The minimum atomic E-state index is -10.7. The fourth-order valence-electron chi connectivity index (χ4n) is 4.40. The standard InChI is InChI=1S/2C12H8N2.C10H7BrN2.C2H3N.2F6P.Ru/c2*1-3-9-5-6-10-4-2-8-14-12(10)11(9)13-7-1;11-8-4-5-10(13-7-8)9-3-1-2-6-12-9;1-2-3;2*1-7(2,3,4,5)6;/h2*1-8H;1-7H;1H3;;;/q;;;;2*-1;+2. The molecule has 6 aromatic heterocycles. The van der Waals surface area contributed by atoms with Crippen LogP contribution in [0.15, 0.2) is 145 Å². The predicted molar refractivity (Wildman–Crippen MR) is 208 cm³/mol. The molecule has 8 aromatic rings. The average Bonchev–Trinajstić information content (AvgIpc) is 3.14. The Labute approximate surface area is 348 Å². The van der Waals surface area contributed by atoms with Crippen LogP contribution in [0.25, 0.3) is 55.0 Å². The van der Waals surface area contributed by atoms with Crippen LogP contribution in [-0.2, 0) is 19.5 Å². The summed E-state index contributed by atoms with van der Waals surface area (Å²) in [5.41, 5.74) is 5.70. The van der Waals surface area contributed by atoms with Crippen molar-refractivity contribution >= 4 is 75.2 Å². The van der Waals surface area contributed by atoms with Crippen molar-refractivity contribution in [2.45, 2.75) is 6.92 Å². The first-order valence-electron chi connectivity index (χ1n) is 15.7. The molecule has 0 aliphatic heterocycles. The normalized spacial score (nSPS) is 13.0. The molecule has 2 aromatic carbocycles. The van der Waals surface area contributed by atoms with E-state index in [1.807, 2.05) is 54.6 Å². The maximum absolute atomic E-state index is 10.7. The molecule has 0 atom stereocenters. The third-order valence-corrected chi connectivity index (χ3v) is 6.81. The van der Waals surface area contributed by atoms with Gasteiger partial charge < -0.3 is 0 Å². The Morgan fingerprint density at radius 1 is 0.424 bits per heavy atom. The van der Waals surface area contributed by atoms with Crippen molar-refractivity contribution in [3.05, 3.63) is 145 Å². The molecule has 0 saturated heterocycles. The zero-order valence-corrected chi connectivity index (χ0v) is 34.7. The Bertz CT molecular complexity index is 2390. The summed E-state index contributed by atoms with van der Waals surface area (Å²) in [6, 6.07) is 35.7. The molecule has 314 valence electrons. The maximum atomic E-state index is 9.87. The first kappa shape index (κ1) is 50.1. The molecule has 0 radical (unpaired) electrons. The molecule has 0 fully saturated rings. The van der Waals surface area contributed by atoms with Gasteiger partial charge in [-0.1, -0.05) is 54.6 Å². The number of nitrogens with zero attached hydrogens (tertiary/aromatic N) is 7. The molecule has 7 nitrogen and oxygen atoms in total. The first-order chi connectivity index (χ1) is 26.6. The fourth-order valence-corrected chi connectivity index (χ4v) is 4.64. The van der Waals surface area contributed by atoms with E-state index in [0.29, 0.717) is 0 Å². The number of benzene rings is 2. The van der Waals surface area contributed by atoms with Crippen LogP contribution in [0.4, 0.5) is 50.4 Å². The predicted octanol–water partition coefficient (Wildman–Crippen LogP) is 15.8. The van der Waals surface area contributed by atoms with E-state index in [9.17, 15) is 50.4 Å². The molecule has 0 N–H and O–H groups in total. The molecule has 0 spiro atoms. The van der Waals surface area contributed by atoms with E-state index < -0.39 is 15.6 Å². The van der Waals surface area contributed by atoms with Crippen LogP contribution in [0.5, 0.6) is 0 Å². The Balaban J connectivity index is 0.000000256. The second kappa shape index (κ2) is 18.5. The van der Waals surface area contributed by atoms with Gasteiger partial charge in [-0.2, -0.15) is 5.26 Å². The molecule has 0 bridgehead atoms. The number of aromatic nitrogens is 6. The SMILES string of the molecule is Brc1ccc(-c2ccccn2)nc1.CC#N.F[P-](F)(F)(F)(F)F.F[P-](F)(F)(F)(F)F.[Ru+2].c1cnc2c(c1)ccc1cccnc12.c1cnc2c(c1)ccc1cccnc12. The molecule has 59 heavy (non-hydrogen) atoms. The van der Waals surface area contributed by atoms with Gasteiger partial charge in [0.1, 0.15) is 0 Å². The Morgan fingerprint density at radius 3 is 0.966 bits per heavy atom. The number of pyridine rings is 6. The van der Waals surface area contributed by atoms with Crippen LogP contribution < -0.4 is 0 Å². The van der Waals surface area contributed by atoms with Crippen LogP contribution in [0.3, 0.4) is 0 Å². The smallest absolute Gasteiger partial charge is 0.254 e. The molecule has 23 heteroatoms. The summed E-state index contributed by atoms with van der Waals surface area (Å²) in [7, 11) is -21.3. The Kier molecular flexibility index (Phi) is 15.7. The molecule has 0 amide bonds. The second-order valence-electron chi connectivity index (χ2n) is 11.1. The number of fused-ring (bicyclic) bond motifs is 6. The quantitative estimate of drug-likeness (QED) is 0.0698. The number of rotatable bonds is 1. The second-order valence-corrected chi connectivity index (χ2v) is 15.9. The van der Waals surface area contributed by atoms with Gasteiger partial charge in [0.15, 0.2) is 0 Å². The van der Waals surface area contributed by atoms with Gasteiger partial charge >= 0.3 is 85.5 Å². The van der Waals surface area contributed by atoms with Crippen molar-refractivity contribution in [3.8, 4) is 17.5 Å². The van der Waals surface area contributed by atoms with Crippen molar-refractivity contribution in [1.82, 2.24) is 29.9 Å². The summed E-state index contributed by atoms with van der Waals surface area (Å²) in [6.07, 6.45) is 10.7. The van der Waals surface area contributed by atoms with Crippen LogP contribution >= 0.6 is 31.5 Å². The van der Waals surface area contributed by atoms with Crippen molar-refractivity contribution in [2.24, 2.45) is 0 Å². The number of hydrogen-bond donors (Lipinski definition) is 0. The van der Waals surface area contributed by atoms with E-state index in [4.69, 9.17) is 5.26 Å². The maximum Gasteiger partial charge on any atom is 2.00 e. The Morgan fingerprint density at radius 2 is 0.712 bits per heavy atom. The Hall–Kier alpha value is -5.01. The minimum Gasteiger partial charge on any atom is -0.254 e. The molecule has 0 saturated carbocycles. The van der Waals surface area contributed by atoms with E-state index in [-0.39, 0.29) is 19.5 Å². The number of hydrogen-bond acceptors (Lipinski definition) is 7. The van der Waals surface area contributed by atoms with E-state index in [1.165, 1.54) is 6.92 Å².